The molecule has 0 aliphatic carbocycles. The first-order valence-corrected chi connectivity index (χ1v) is 9.08. The molecule has 5 heteroatoms. The predicted molar refractivity (Wildman–Crippen MR) is 104 cm³/mol. The number of fused-ring (bicyclic) bond motifs is 1. The molecule has 3 N–H and O–H groups in total. The SMILES string of the molecule is CNC(=O)c1cccc([C@H]2CNCCN2Cc2cccc3[nH]ccc23)c1. The highest BCUT2D eigenvalue weighted by Crippen LogP contribution is 2.27. The zero-order valence-electron chi connectivity index (χ0n) is 15.0. The number of aromatic nitrogens is 1. The van der Waals surface area contributed by atoms with E-state index in [9.17, 15) is 4.79 Å². The van der Waals surface area contributed by atoms with Crippen LogP contribution >= 0.6 is 0 Å². The van der Waals surface area contributed by atoms with E-state index in [4.69, 9.17) is 0 Å². The Morgan fingerprint density at radius 3 is 3.00 bits per heavy atom. The van der Waals surface area contributed by atoms with Gasteiger partial charge in [0.15, 0.2) is 0 Å². The van der Waals surface area contributed by atoms with Crippen molar-refractivity contribution in [1.29, 1.82) is 0 Å². The van der Waals surface area contributed by atoms with Crippen LogP contribution < -0.4 is 10.6 Å². The highest BCUT2D eigenvalue weighted by Gasteiger charge is 2.25. The lowest BCUT2D eigenvalue weighted by atomic mass is 9.99. The number of rotatable bonds is 4. The number of H-pyrrole nitrogens is 1. The minimum atomic E-state index is -0.0424. The highest BCUT2D eigenvalue weighted by molar-refractivity contribution is 5.94. The molecule has 0 spiro atoms. The van der Waals surface area contributed by atoms with E-state index < -0.39 is 0 Å². The Morgan fingerprint density at radius 1 is 1.23 bits per heavy atom. The molecule has 1 saturated heterocycles. The third kappa shape index (κ3) is 3.23. The number of hydrogen-bond acceptors (Lipinski definition) is 3. The van der Waals surface area contributed by atoms with Crippen molar-refractivity contribution in [1.82, 2.24) is 20.5 Å². The van der Waals surface area contributed by atoms with Crippen molar-refractivity contribution in [2.45, 2.75) is 12.6 Å². The van der Waals surface area contributed by atoms with Crippen LogP contribution in [-0.4, -0.2) is 42.5 Å². The molecule has 4 rings (SSSR count). The Bertz CT molecular complexity index is 917. The van der Waals surface area contributed by atoms with E-state index >= 15 is 0 Å². The van der Waals surface area contributed by atoms with Gasteiger partial charge in [0, 0.05) is 61.9 Å². The highest BCUT2D eigenvalue weighted by atomic mass is 16.1. The fourth-order valence-corrected chi connectivity index (χ4v) is 3.80. The standard InChI is InChI=1S/C21H24N4O/c1-22-21(26)16-5-2-4-15(12-16)20-13-23-10-11-25(20)14-17-6-3-7-19-18(17)8-9-24-19/h2-9,12,20,23-24H,10-11,13-14H2,1H3,(H,22,26)/t20-/m1/s1. The van der Waals surface area contributed by atoms with Gasteiger partial charge >= 0.3 is 0 Å². The second-order valence-corrected chi connectivity index (χ2v) is 6.75. The molecule has 5 nitrogen and oxygen atoms in total. The van der Waals surface area contributed by atoms with Crippen LogP contribution in [0.4, 0.5) is 0 Å². The van der Waals surface area contributed by atoms with E-state index in [2.05, 4.69) is 50.8 Å². The fraction of sp³-hybridized carbons (Fsp3) is 0.286. The lowest BCUT2D eigenvalue weighted by Gasteiger charge is -2.37. The van der Waals surface area contributed by atoms with Crippen molar-refractivity contribution in [2.24, 2.45) is 0 Å². The van der Waals surface area contributed by atoms with Gasteiger partial charge in [-0.1, -0.05) is 24.3 Å². The first kappa shape index (κ1) is 16.8. The molecule has 2 aromatic carbocycles. The molecule has 134 valence electrons. The number of benzene rings is 2. The van der Waals surface area contributed by atoms with Crippen molar-refractivity contribution in [3.8, 4) is 0 Å². The number of nitrogens with zero attached hydrogens (tertiary/aromatic N) is 1. The van der Waals surface area contributed by atoms with Gasteiger partial charge in [-0.05, 0) is 35.4 Å². The van der Waals surface area contributed by atoms with Crippen molar-refractivity contribution in [3.05, 3.63) is 71.4 Å². The van der Waals surface area contributed by atoms with Crippen molar-refractivity contribution in [2.75, 3.05) is 26.7 Å². The molecule has 1 amide bonds. The molecule has 0 bridgehead atoms. The van der Waals surface area contributed by atoms with Crippen molar-refractivity contribution < 1.29 is 4.79 Å². The molecule has 2 heterocycles. The number of aromatic amines is 1. The molecular weight excluding hydrogens is 324 g/mol. The van der Waals surface area contributed by atoms with Gasteiger partial charge in [-0.25, -0.2) is 0 Å². The second-order valence-electron chi connectivity index (χ2n) is 6.75. The zero-order chi connectivity index (χ0) is 17.9. The Hall–Kier alpha value is -2.63. The van der Waals surface area contributed by atoms with Gasteiger partial charge in [0.1, 0.15) is 0 Å². The number of carbonyl (C=O) groups is 1. The summed E-state index contributed by atoms with van der Waals surface area (Å²) >= 11 is 0. The van der Waals surface area contributed by atoms with Crippen molar-refractivity contribution in [3.63, 3.8) is 0 Å². The second kappa shape index (κ2) is 7.32. The molecule has 0 unspecified atom stereocenters. The maximum atomic E-state index is 12.0. The maximum absolute atomic E-state index is 12.0. The summed E-state index contributed by atoms with van der Waals surface area (Å²) in [4.78, 5) is 17.8. The van der Waals surface area contributed by atoms with Gasteiger partial charge in [0.05, 0.1) is 0 Å². The largest absolute Gasteiger partial charge is 0.361 e. The predicted octanol–water partition coefficient (Wildman–Crippen LogP) is 2.67. The van der Waals surface area contributed by atoms with Gasteiger partial charge < -0.3 is 15.6 Å². The summed E-state index contributed by atoms with van der Waals surface area (Å²) in [7, 11) is 1.67. The zero-order valence-corrected chi connectivity index (χ0v) is 15.0. The fourth-order valence-electron chi connectivity index (χ4n) is 3.80. The summed E-state index contributed by atoms with van der Waals surface area (Å²) in [5.74, 6) is -0.0424. The van der Waals surface area contributed by atoms with Crippen LogP contribution in [0.25, 0.3) is 10.9 Å². The average molecular weight is 348 g/mol. The number of nitrogens with one attached hydrogen (secondary N) is 3. The minimum Gasteiger partial charge on any atom is -0.361 e. The summed E-state index contributed by atoms with van der Waals surface area (Å²) in [6, 6.07) is 16.8. The molecule has 1 aromatic heterocycles. The van der Waals surface area contributed by atoms with Gasteiger partial charge in [-0.3, -0.25) is 9.69 Å². The topological polar surface area (TPSA) is 60.2 Å². The van der Waals surface area contributed by atoms with Crippen LogP contribution in [0.3, 0.4) is 0 Å². The van der Waals surface area contributed by atoms with Crippen LogP contribution in [0.2, 0.25) is 0 Å². The van der Waals surface area contributed by atoms with Gasteiger partial charge in [0.2, 0.25) is 0 Å². The van der Waals surface area contributed by atoms with Crippen LogP contribution in [-0.2, 0) is 6.54 Å². The van der Waals surface area contributed by atoms with Crippen LogP contribution in [0.5, 0.6) is 0 Å². The third-order valence-corrected chi connectivity index (χ3v) is 5.17. The van der Waals surface area contributed by atoms with Gasteiger partial charge in [-0.2, -0.15) is 0 Å². The summed E-state index contributed by atoms with van der Waals surface area (Å²) in [6.45, 7) is 3.75. The first-order chi connectivity index (χ1) is 12.8. The number of hydrogen-bond donors (Lipinski definition) is 3. The first-order valence-electron chi connectivity index (χ1n) is 9.08. The van der Waals surface area contributed by atoms with Crippen LogP contribution in [0, 0.1) is 0 Å². The smallest absolute Gasteiger partial charge is 0.251 e. The molecule has 1 aliphatic heterocycles. The number of amides is 1. The van der Waals surface area contributed by atoms with Crippen molar-refractivity contribution >= 4 is 16.8 Å². The molecule has 3 aromatic rings. The van der Waals surface area contributed by atoms with Gasteiger partial charge in [-0.15, -0.1) is 0 Å². The van der Waals surface area contributed by atoms with Gasteiger partial charge in [0.25, 0.3) is 5.91 Å². The normalized spacial score (nSPS) is 18.1. The summed E-state index contributed by atoms with van der Waals surface area (Å²) < 4.78 is 0. The maximum Gasteiger partial charge on any atom is 0.251 e. The molecular formula is C21H24N4O. The Morgan fingerprint density at radius 2 is 2.12 bits per heavy atom. The lowest BCUT2D eigenvalue weighted by molar-refractivity contribution is 0.0962. The molecule has 26 heavy (non-hydrogen) atoms. The summed E-state index contributed by atoms with van der Waals surface area (Å²) in [5.41, 5.74) is 4.40. The number of carbonyl (C=O) groups excluding carboxylic acids is 1. The summed E-state index contributed by atoms with van der Waals surface area (Å²) in [5, 5.41) is 7.48. The minimum absolute atomic E-state index is 0.0424. The van der Waals surface area contributed by atoms with Crippen LogP contribution in [0.1, 0.15) is 27.5 Å². The van der Waals surface area contributed by atoms with E-state index in [-0.39, 0.29) is 11.9 Å². The Labute approximate surface area is 153 Å². The van der Waals surface area contributed by atoms with E-state index in [1.54, 1.807) is 7.05 Å². The molecule has 1 atom stereocenters. The van der Waals surface area contributed by atoms with E-state index in [1.165, 1.54) is 22.0 Å². The van der Waals surface area contributed by atoms with E-state index in [0.29, 0.717) is 5.56 Å². The Kier molecular flexibility index (Phi) is 4.73. The molecule has 0 saturated carbocycles. The monoisotopic (exact) mass is 348 g/mol. The number of piperazine rings is 1. The molecule has 0 radical (unpaired) electrons. The molecule has 1 aliphatic rings. The molecule has 1 fully saturated rings. The quantitative estimate of drug-likeness (QED) is 0.679. The van der Waals surface area contributed by atoms with E-state index in [0.717, 1.165) is 26.2 Å². The third-order valence-electron chi connectivity index (χ3n) is 5.17. The van der Waals surface area contributed by atoms with E-state index in [1.807, 2.05) is 24.4 Å². The van der Waals surface area contributed by atoms with Crippen LogP contribution in [0.15, 0.2) is 54.7 Å². The Balaban J connectivity index is 1.63. The lowest BCUT2D eigenvalue weighted by Crippen LogP contribution is -2.45. The average Bonchev–Trinajstić information content (AvgIpc) is 3.18. The summed E-state index contributed by atoms with van der Waals surface area (Å²) in [6.07, 6.45) is 2.00.